The van der Waals surface area contributed by atoms with Crippen molar-refractivity contribution in [2.24, 2.45) is 7.05 Å². The molecule has 0 saturated heterocycles. The predicted molar refractivity (Wildman–Crippen MR) is 77.8 cm³/mol. The number of benzene rings is 1. The number of nitrogens with zero attached hydrogens (tertiary/aromatic N) is 2. The van der Waals surface area contributed by atoms with E-state index in [1.807, 2.05) is 25.2 Å². The van der Waals surface area contributed by atoms with Crippen molar-refractivity contribution < 1.29 is 14.3 Å². The van der Waals surface area contributed by atoms with Crippen LogP contribution in [0.4, 0.5) is 5.82 Å². The summed E-state index contributed by atoms with van der Waals surface area (Å²) in [7, 11) is 5.02. The van der Waals surface area contributed by atoms with Gasteiger partial charge in [0.15, 0.2) is 11.5 Å². The van der Waals surface area contributed by atoms with Crippen LogP contribution >= 0.6 is 0 Å². The number of fused-ring (bicyclic) bond motifs is 1. The van der Waals surface area contributed by atoms with Crippen LogP contribution in [0.5, 0.6) is 11.5 Å². The molecule has 1 aromatic carbocycles. The predicted octanol–water partition coefficient (Wildman–Crippen LogP) is 1.91. The lowest BCUT2D eigenvalue weighted by Crippen LogP contribution is -2.24. The van der Waals surface area contributed by atoms with Crippen LogP contribution in [0.25, 0.3) is 0 Å². The number of rotatable bonds is 3. The van der Waals surface area contributed by atoms with E-state index in [9.17, 15) is 4.79 Å². The SMILES string of the molecule is COc1cccc([C@@H]2CC(=O)Nc3c2cnn3C)c1OC. The Morgan fingerprint density at radius 3 is 2.81 bits per heavy atom. The van der Waals surface area contributed by atoms with Gasteiger partial charge in [0.2, 0.25) is 5.91 Å². The summed E-state index contributed by atoms with van der Waals surface area (Å²) in [4.78, 5) is 12.0. The van der Waals surface area contributed by atoms with Crippen LogP contribution in [0.1, 0.15) is 23.5 Å². The summed E-state index contributed by atoms with van der Waals surface area (Å²) >= 11 is 0. The molecule has 0 aliphatic carbocycles. The van der Waals surface area contributed by atoms with E-state index < -0.39 is 0 Å². The van der Waals surface area contributed by atoms with Gasteiger partial charge < -0.3 is 14.8 Å². The second-order valence-corrected chi connectivity index (χ2v) is 4.96. The number of aromatic nitrogens is 2. The van der Waals surface area contributed by atoms with E-state index in [2.05, 4.69) is 10.4 Å². The van der Waals surface area contributed by atoms with Crippen LogP contribution in [0.2, 0.25) is 0 Å². The fourth-order valence-corrected chi connectivity index (χ4v) is 2.80. The van der Waals surface area contributed by atoms with Gasteiger partial charge in [-0.05, 0) is 6.07 Å². The summed E-state index contributed by atoms with van der Waals surface area (Å²) in [5, 5.41) is 7.10. The number of hydrogen-bond donors (Lipinski definition) is 1. The molecule has 3 rings (SSSR count). The van der Waals surface area contributed by atoms with E-state index in [0.717, 1.165) is 16.9 Å². The van der Waals surface area contributed by atoms with Gasteiger partial charge in [0.25, 0.3) is 0 Å². The minimum absolute atomic E-state index is 0.0269. The third-order valence-corrected chi connectivity index (χ3v) is 3.80. The molecule has 21 heavy (non-hydrogen) atoms. The maximum Gasteiger partial charge on any atom is 0.226 e. The molecule has 6 heteroatoms. The molecule has 0 radical (unpaired) electrons. The maximum absolute atomic E-state index is 12.0. The quantitative estimate of drug-likeness (QED) is 0.936. The molecule has 0 fully saturated rings. The molecule has 1 amide bonds. The Bertz CT molecular complexity index is 693. The molecule has 6 nitrogen and oxygen atoms in total. The van der Waals surface area contributed by atoms with Gasteiger partial charge in [0.05, 0.1) is 20.4 Å². The first kappa shape index (κ1) is 13.5. The third-order valence-electron chi connectivity index (χ3n) is 3.80. The Labute approximate surface area is 122 Å². The standard InChI is InChI=1S/C15H17N3O3/c1-18-15-11(8-16-18)10(7-13(19)17-15)9-5-4-6-12(20-2)14(9)21-3/h4-6,8,10H,7H2,1-3H3,(H,17,19)/t10-/m0/s1. The van der Waals surface area contributed by atoms with Gasteiger partial charge >= 0.3 is 0 Å². The Balaban J connectivity index is 2.15. The van der Waals surface area contributed by atoms with E-state index in [1.165, 1.54) is 0 Å². The first-order chi connectivity index (χ1) is 10.2. The zero-order chi connectivity index (χ0) is 15.0. The van der Waals surface area contributed by atoms with Gasteiger partial charge in [0.1, 0.15) is 5.82 Å². The highest BCUT2D eigenvalue weighted by Gasteiger charge is 2.31. The Hall–Kier alpha value is -2.50. The largest absolute Gasteiger partial charge is 0.493 e. The summed E-state index contributed by atoms with van der Waals surface area (Å²) < 4.78 is 12.5. The van der Waals surface area contributed by atoms with Crippen LogP contribution in [0.15, 0.2) is 24.4 Å². The molecule has 2 aromatic rings. The summed E-state index contributed by atoms with van der Waals surface area (Å²) in [6.07, 6.45) is 2.15. The number of aryl methyl sites for hydroxylation is 1. The molecule has 1 aliphatic heterocycles. The molecule has 110 valence electrons. The summed E-state index contributed by atoms with van der Waals surface area (Å²) in [5.41, 5.74) is 1.92. The minimum atomic E-state index is -0.0903. The lowest BCUT2D eigenvalue weighted by atomic mass is 9.86. The van der Waals surface area contributed by atoms with Crippen LogP contribution in [0, 0.1) is 0 Å². The molecule has 1 aromatic heterocycles. The highest BCUT2D eigenvalue weighted by Crippen LogP contribution is 2.43. The van der Waals surface area contributed by atoms with Crippen molar-refractivity contribution in [3.05, 3.63) is 35.5 Å². The average molecular weight is 287 g/mol. The number of carbonyl (C=O) groups excluding carboxylic acids is 1. The molecule has 1 atom stereocenters. The molecule has 0 saturated carbocycles. The lowest BCUT2D eigenvalue weighted by molar-refractivity contribution is -0.116. The van der Waals surface area contributed by atoms with Crippen LogP contribution < -0.4 is 14.8 Å². The number of ether oxygens (including phenoxy) is 2. The highest BCUT2D eigenvalue weighted by atomic mass is 16.5. The van der Waals surface area contributed by atoms with Gasteiger partial charge in [-0.3, -0.25) is 9.48 Å². The molecule has 0 unspecified atom stereocenters. The highest BCUT2D eigenvalue weighted by molar-refractivity contribution is 5.94. The number of hydrogen-bond acceptors (Lipinski definition) is 4. The van der Waals surface area contributed by atoms with E-state index in [1.54, 1.807) is 25.1 Å². The van der Waals surface area contributed by atoms with Gasteiger partial charge in [-0.2, -0.15) is 5.10 Å². The van der Waals surface area contributed by atoms with E-state index in [0.29, 0.717) is 17.9 Å². The first-order valence-corrected chi connectivity index (χ1v) is 6.68. The number of nitrogens with one attached hydrogen (secondary N) is 1. The normalized spacial score (nSPS) is 17.1. The Morgan fingerprint density at radius 2 is 2.10 bits per heavy atom. The zero-order valence-corrected chi connectivity index (χ0v) is 12.2. The number of para-hydroxylation sites is 1. The zero-order valence-electron chi connectivity index (χ0n) is 12.2. The van der Waals surface area contributed by atoms with Crippen molar-refractivity contribution in [2.45, 2.75) is 12.3 Å². The van der Waals surface area contributed by atoms with Crippen LogP contribution in [-0.2, 0) is 11.8 Å². The Morgan fingerprint density at radius 1 is 1.29 bits per heavy atom. The molecular formula is C15H17N3O3. The van der Waals surface area contributed by atoms with Crippen molar-refractivity contribution in [3.8, 4) is 11.5 Å². The van der Waals surface area contributed by atoms with Crippen molar-refractivity contribution >= 4 is 11.7 Å². The molecular weight excluding hydrogens is 270 g/mol. The van der Waals surface area contributed by atoms with Crippen LogP contribution in [0.3, 0.4) is 0 Å². The van der Waals surface area contributed by atoms with Crippen molar-refractivity contribution in [1.29, 1.82) is 0 Å². The first-order valence-electron chi connectivity index (χ1n) is 6.68. The Kier molecular flexibility index (Phi) is 3.29. The third kappa shape index (κ3) is 2.12. The average Bonchev–Trinajstić information content (AvgIpc) is 2.87. The van der Waals surface area contributed by atoms with Gasteiger partial charge in [-0.15, -0.1) is 0 Å². The number of methoxy groups -OCH3 is 2. The van der Waals surface area contributed by atoms with Crippen molar-refractivity contribution in [2.75, 3.05) is 19.5 Å². The van der Waals surface area contributed by atoms with Gasteiger partial charge in [-0.1, -0.05) is 12.1 Å². The topological polar surface area (TPSA) is 65.4 Å². The summed E-state index contributed by atoms with van der Waals surface area (Å²) in [6.45, 7) is 0. The van der Waals surface area contributed by atoms with E-state index in [4.69, 9.17) is 9.47 Å². The monoisotopic (exact) mass is 287 g/mol. The maximum atomic E-state index is 12.0. The van der Waals surface area contributed by atoms with Crippen molar-refractivity contribution in [1.82, 2.24) is 9.78 Å². The molecule has 1 N–H and O–H groups in total. The number of carbonyl (C=O) groups is 1. The molecule has 2 heterocycles. The number of amides is 1. The molecule has 1 aliphatic rings. The second kappa shape index (κ2) is 5.12. The molecule has 0 spiro atoms. The molecule has 0 bridgehead atoms. The lowest BCUT2D eigenvalue weighted by Gasteiger charge is -2.25. The fourth-order valence-electron chi connectivity index (χ4n) is 2.80. The summed E-state index contributed by atoms with van der Waals surface area (Å²) in [6, 6.07) is 5.70. The van der Waals surface area contributed by atoms with Gasteiger partial charge in [0, 0.05) is 30.5 Å². The minimum Gasteiger partial charge on any atom is -0.493 e. The van der Waals surface area contributed by atoms with E-state index in [-0.39, 0.29) is 11.8 Å². The smallest absolute Gasteiger partial charge is 0.226 e. The van der Waals surface area contributed by atoms with Crippen molar-refractivity contribution in [3.63, 3.8) is 0 Å². The summed E-state index contributed by atoms with van der Waals surface area (Å²) in [5.74, 6) is 1.94. The van der Waals surface area contributed by atoms with Crippen LogP contribution in [-0.4, -0.2) is 29.9 Å². The fraction of sp³-hybridized carbons (Fsp3) is 0.333. The second-order valence-electron chi connectivity index (χ2n) is 4.96. The number of anilines is 1. The van der Waals surface area contributed by atoms with E-state index >= 15 is 0 Å². The van der Waals surface area contributed by atoms with Gasteiger partial charge in [-0.25, -0.2) is 0 Å².